The Kier molecular flexibility index (Phi) is 9.81. The van der Waals surface area contributed by atoms with Gasteiger partial charge >= 0.3 is 0 Å². The van der Waals surface area contributed by atoms with Crippen molar-refractivity contribution in [2.45, 2.75) is 30.6 Å². The molecule has 2 aromatic heterocycles. The molecule has 0 aliphatic rings. The van der Waals surface area contributed by atoms with Crippen LogP contribution in [-0.2, 0) is 10.0 Å². The number of para-hydroxylation sites is 2. The zero-order valence-corrected chi connectivity index (χ0v) is 25.5. The van der Waals surface area contributed by atoms with Gasteiger partial charge in [-0.05, 0) is 57.3 Å². The Morgan fingerprint density at radius 1 is 0.814 bits per heavy atom. The van der Waals surface area contributed by atoms with Crippen LogP contribution >= 0.6 is 0 Å². The van der Waals surface area contributed by atoms with Crippen LogP contribution in [-0.4, -0.2) is 69.5 Å². The quantitative estimate of drug-likeness (QED) is 0.119. The van der Waals surface area contributed by atoms with Gasteiger partial charge in [-0.1, -0.05) is 55.3 Å². The molecule has 0 saturated heterocycles. The van der Waals surface area contributed by atoms with Gasteiger partial charge in [0, 0.05) is 48.5 Å². The van der Waals surface area contributed by atoms with Gasteiger partial charge in [0.15, 0.2) is 0 Å². The number of hydrogen-bond acceptors (Lipinski definition) is 7. The molecule has 9 nitrogen and oxygen atoms in total. The van der Waals surface area contributed by atoms with Crippen molar-refractivity contribution >= 4 is 54.3 Å². The van der Waals surface area contributed by atoms with Gasteiger partial charge in [0.25, 0.3) is 5.91 Å². The van der Waals surface area contributed by atoms with Crippen molar-refractivity contribution in [1.82, 2.24) is 24.9 Å². The minimum absolute atomic E-state index is 0.130. The molecule has 0 spiro atoms. The summed E-state index contributed by atoms with van der Waals surface area (Å²) >= 11 is 0. The minimum atomic E-state index is -3.58. The number of sulfonamides is 1. The number of anilines is 1. The summed E-state index contributed by atoms with van der Waals surface area (Å²) in [4.78, 5) is 24.4. The molecule has 5 aromatic rings. The zero-order valence-electron chi connectivity index (χ0n) is 24.6. The normalized spacial score (nSPS) is 11.9. The fourth-order valence-electron chi connectivity index (χ4n) is 5.10. The fraction of sp³-hybridized carbons (Fsp3) is 0.303. The third kappa shape index (κ3) is 7.45. The third-order valence-electron chi connectivity index (χ3n) is 7.39. The number of rotatable bonds is 14. The number of amides is 1. The van der Waals surface area contributed by atoms with Gasteiger partial charge in [0.05, 0.1) is 32.7 Å². The van der Waals surface area contributed by atoms with E-state index in [9.17, 15) is 13.2 Å². The molecule has 0 unspecified atom stereocenters. The number of hydrogen-bond donors (Lipinski definition) is 3. The fourth-order valence-corrected chi connectivity index (χ4v) is 6.19. The van der Waals surface area contributed by atoms with Gasteiger partial charge < -0.3 is 15.5 Å². The van der Waals surface area contributed by atoms with Crippen LogP contribution < -0.4 is 15.4 Å². The largest absolute Gasteiger partial charge is 0.384 e. The molecule has 0 radical (unpaired) electrons. The van der Waals surface area contributed by atoms with Crippen molar-refractivity contribution < 1.29 is 13.2 Å². The highest BCUT2D eigenvalue weighted by molar-refractivity contribution is 7.89. The Morgan fingerprint density at radius 2 is 1.60 bits per heavy atom. The number of benzene rings is 3. The maximum atomic E-state index is 13.0. The molecule has 0 atom stereocenters. The molecule has 3 aromatic carbocycles. The number of carbonyl (C=O) groups excluding carboxylic acids is 1. The molecule has 0 saturated carbocycles. The second-order valence-electron chi connectivity index (χ2n) is 10.9. The maximum absolute atomic E-state index is 13.0. The number of nitrogens with one attached hydrogen (secondary N) is 3. The molecule has 224 valence electrons. The summed E-state index contributed by atoms with van der Waals surface area (Å²) < 4.78 is 28.2. The van der Waals surface area contributed by atoms with Crippen molar-refractivity contribution in [1.29, 1.82) is 0 Å². The Balaban J connectivity index is 1.16. The molecule has 10 heteroatoms. The first-order valence-corrected chi connectivity index (χ1v) is 16.1. The lowest BCUT2D eigenvalue weighted by Crippen LogP contribution is -2.31. The van der Waals surface area contributed by atoms with E-state index in [-0.39, 0.29) is 10.8 Å². The van der Waals surface area contributed by atoms with Gasteiger partial charge in [0.1, 0.15) is 0 Å². The van der Waals surface area contributed by atoms with Gasteiger partial charge in [0.2, 0.25) is 10.0 Å². The summed E-state index contributed by atoms with van der Waals surface area (Å²) in [6, 6.07) is 22.4. The van der Waals surface area contributed by atoms with Gasteiger partial charge in [-0.15, -0.1) is 0 Å². The first-order chi connectivity index (χ1) is 20.8. The van der Waals surface area contributed by atoms with Crippen molar-refractivity contribution in [3.63, 3.8) is 0 Å². The highest BCUT2D eigenvalue weighted by Gasteiger charge is 2.16. The van der Waals surface area contributed by atoms with Crippen molar-refractivity contribution in [3.8, 4) is 0 Å². The van der Waals surface area contributed by atoms with Crippen LogP contribution in [0.15, 0.2) is 83.9 Å². The van der Waals surface area contributed by atoms with Gasteiger partial charge in [-0.3, -0.25) is 9.78 Å². The van der Waals surface area contributed by atoms with Crippen molar-refractivity contribution in [3.05, 3.63) is 84.6 Å². The Morgan fingerprint density at radius 3 is 2.44 bits per heavy atom. The molecule has 0 aliphatic carbocycles. The molecule has 43 heavy (non-hydrogen) atoms. The van der Waals surface area contributed by atoms with E-state index < -0.39 is 10.0 Å². The lowest BCUT2D eigenvalue weighted by molar-refractivity contribution is 0.0952. The molecule has 0 fully saturated rings. The lowest BCUT2D eigenvalue weighted by Gasteiger charge is -2.16. The molecule has 0 aliphatic heterocycles. The van der Waals surface area contributed by atoms with Crippen LogP contribution in [0.1, 0.15) is 36.0 Å². The number of fused-ring (bicyclic) bond motifs is 3. The minimum Gasteiger partial charge on any atom is -0.384 e. The molecule has 5 rings (SSSR count). The predicted octanol–water partition coefficient (Wildman–Crippen LogP) is 5.18. The maximum Gasteiger partial charge on any atom is 0.253 e. The van der Waals surface area contributed by atoms with E-state index in [1.54, 1.807) is 24.4 Å². The second kappa shape index (κ2) is 13.9. The highest BCUT2D eigenvalue weighted by Crippen LogP contribution is 2.32. The number of nitrogens with zero attached hydrogens (tertiary/aromatic N) is 3. The van der Waals surface area contributed by atoms with E-state index in [2.05, 4.69) is 20.3 Å². The van der Waals surface area contributed by atoms with E-state index in [0.717, 1.165) is 66.1 Å². The van der Waals surface area contributed by atoms with Crippen LogP contribution in [0.5, 0.6) is 0 Å². The molecule has 3 N–H and O–H groups in total. The van der Waals surface area contributed by atoms with Crippen LogP contribution in [0, 0.1) is 0 Å². The van der Waals surface area contributed by atoms with E-state index >= 15 is 0 Å². The summed E-state index contributed by atoms with van der Waals surface area (Å²) in [5.74, 6) is -0.130. The Hall–Kier alpha value is -4.12. The van der Waals surface area contributed by atoms with Gasteiger partial charge in [-0.25, -0.2) is 18.1 Å². The van der Waals surface area contributed by atoms with E-state index in [0.29, 0.717) is 29.7 Å². The summed E-state index contributed by atoms with van der Waals surface area (Å²) in [7, 11) is 0.365. The standard InChI is InChI=1S/C33H38N6O3S/c1-39(2)22-21-36-33(40)28-14-9-13-27-31(26-12-5-6-15-29(26)38-32(27)28)35-18-7-3-4-8-20-37-43(41,42)25-17-16-24-11-10-19-34-30(24)23-25/h5-6,9-17,19,23,37H,3-4,7-8,18,20-22H2,1-2H3,(H,35,38)(H,36,40). The first-order valence-electron chi connectivity index (χ1n) is 14.7. The second-order valence-corrected chi connectivity index (χ2v) is 12.6. The van der Waals surface area contributed by atoms with E-state index in [1.165, 1.54) is 0 Å². The molecule has 2 heterocycles. The first kappa shape index (κ1) is 30.3. The Labute approximate surface area is 252 Å². The zero-order chi connectivity index (χ0) is 30.2. The monoisotopic (exact) mass is 598 g/mol. The summed E-state index contributed by atoms with van der Waals surface area (Å²) in [5, 5.41) is 9.45. The number of likely N-dealkylation sites (N-methyl/N-ethyl adjacent to an activating group) is 1. The highest BCUT2D eigenvalue weighted by atomic mass is 32.2. The van der Waals surface area contributed by atoms with Crippen molar-refractivity contribution in [2.24, 2.45) is 0 Å². The Bertz CT molecular complexity index is 1840. The van der Waals surface area contributed by atoms with Crippen LogP contribution in [0.4, 0.5) is 5.69 Å². The van der Waals surface area contributed by atoms with Gasteiger partial charge in [-0.2, -0.15) is 0 Å². The summed E-state index contributed by atoms with van der Waals surface area (Å²) in [6.45, 7) is 2.45. The molecular formula is C33H38N6O3S. The average Bonchev–Trinajstić information content (AvgIpc) is 3.01. The predicted molar refractivity (Wildman–Crippen MR) is 174 cm³/mol. The number of carbonyl (C=O) groups is 1. The average molecular weight is 599 g/mol. The van der Waals surface area contributed by atoms with Crippen LogP contribution in [0.3, 0.4) is 0 Å². The molecule has 1 amide bonds. The SMILES string of the molecule is CN(C)CCNC(=O)c1cccc2c(NCCCCCCNS(=O)(=O)c3ccc4cccnc4c3)c3ccccc3nc12. The van der Waals surface area contributed by atoms with E-state index in [4.69, 9.17) is 4.98 Å². The smallest absolute Gasteiger partial charge is 0.253 e. The number of pyridine rings is 2. The number of aromatic nitrogens is 2. The van der Waals surface area contributed by atoms with Crippen LogP contribution in [0.25, 0.3) is 32.7 Å². The number of unbranched alkanes of at least 4 members (excludes halogenated alkanes) is 3. The summed E-state index contributed by atoms with van der Waals surface area (Å²) in [5.41, 5.74) is 3.71. The third-order valence-corrected chi connectivity index (χ3v) is 8.84. The molecular weight excluding hydrogens is 560 g/mol. The summed E-state index contributed by atoms with van der Waals surface area (Å²) in [6.07, 6.45) is 5.18. The lowest BCUT2D eigenvalue weighted by atomic mass is 10.0. The van der Waals surface area contributed by atoms with Crippen molar-refractivity contribution in [2.75, 3.05) is 45.6 Å². The van der Waals surface area contributed by atoms with Crippen LogP contribution in [0.2, 0.25) is 0 Å². The topological polar surface area (TPSA) is 116 Å². The molecule has 0 bridgehead atoms. The van der Waals surface area contributed by atoms with E-state index in [1.807, 2.05) is 73.6 Å².